The van der Waals surface area contributed by atoms with Crippen molar-refractivity contribution in [1.82, 2.24) is 0 Å². The Morgan fingerprint density at radius 3 is 0.756 bits per heavy atom. The van der Waals surface area contributed by atoms with Gasteiger partial charge in [-0.2, -0.15) is 0 Å². The number of carbonyl (C=O) groups is 2. The van der Waals surface area contributed by atoms with E-state index in [4.69, 9.17) is 0 Å². The molecule has 0 aromatic rings. The molecule has 41 heavy (non-hydrogen) atoms. The molecule has 0 saturated heterocycles. The van der Waals surface area contributed by atoms with Gasteiger partial charge in [-0.15, -0.1) is 0 Å². The predicted octanol–water partition coefficient (Wildman–Crippen LogP) is 13.6. The second-order valence-corrected chi connectivity index (χ2v) is 18.8. The Balaban J connectivity index is 3.26. The molecule has 2 nitrogen and oxygen atoms in total. The zero-order chi connectivity index (χ0) is 29.9. The van der Waals surface area contributed by atoms with E-state index in [1.54, 1.807) is 0 Å². The number of rotatable bonds is 34. The molecule has 5 heteroatoms. The summed E-state index contributed by atoms with van der Waals surface area (Å²) in [4.78, 5) is 24.2. The quantitative estimate of drug-likeness (QED) is 0.0501. The van der Waals surface area contributed by atoms with E-state index in [1.165, 1.54) is 200 Å². The van der Waals surface area contributed by atoms with Crippen molar-refractivity contribution in [2.75, 3.05) is 0 Å². The topological polar surface area (TPSA) is 34.1 Å². The fourth-order valence-corrected chi connectivity index (χ4v) is 11.2. The fourth-order valence-electron chi connectivity index (χ4n) is 5.46. The van der Waals surface area contributed by atoms with Crippen LogP contribution in [0.2, 0.25) is 0 Å². The van der Waals surface area contributed by atoms with Crippen LogP contribution in [0.3, 0.4) is 0 Å². The molecule has 0 aliphatic carbocycles. The van der Waals surface area contributed by atoms with Gasteiger partial charge in [-0.25, -0.2) is 0 Å². The molecule has 0 radical (unpaired) electrons. The summed E-state index contributed by atoms with van der Waals surface area (Å²) in [5, 5.41) is 0.596. The summed E-state index contributed by atoms with van der Waals surface area (Å²) in [6.45, 7) is 4.57. The Bertz CT molecular complexity index is 498. The Labute approximate surface area is 270 Å². The molecule has 0 bridgehead atoms. The Morgan fingerprint density at radius 2 is 0.537 bits per heavy atom. The molecule has 0 atom stereocenters. The van der Waals surface area contributed by atoms with Crippen molar-refractivity contribution in [3.63, 3.8) is 0 Å². The predicted molar refractivity (Wildman–Crippen MR) is 190 cm³/mol. The Morgan fingerprint density at radius 1 is 0.341 bits per heavy atom. The van der Waals surface area contributed by atoms with Crippen molar-refractivity contribution in [2.45, 2.75) is 219 Å². The summed E-state index contributed by atoms with van der Waals surface area (Å²) in [6, 6.07) is 0. The smallest absolute Gasteiger partial charge is 0.0654 e. The van der Waals surface area contributed by atoms with Gasteiger partial charge in [-0.1, -0.05) is 90.9 Å². The standard InChI is InChI=1S/C36H70O2S2Se/c1-3-5-7-9-11-13-15-17-19-21-23-25-27-29-31-33-35(37)39-41-40-36(38)34-32-30-28-26-24-22-20-18-16-14-12-10-8-6-4-2/h3-34H2,1-2H3. The van der Waals surface area contributed by atoms with Crippen molar-refractivity contribution in [1.29, 1.82) is 0 Å². The minimum Gasteiger partial charge on any atom is -0.0654 e. The van der Waals surface area contributed by atoms with Gasteiger partial charge in [-0.3, -0.25) is 0 Å². The SMILES string of the molecule is CCCCCCCCCCCCCCCCCC(=O)S[Se]SC(=O)CCCCCCCCCCCCCCCCC. The summed E-state index contributed by atoms with van der Waals surface area (Å²) < 4.78 is 0. The van der Waals surface area contributed by atoms with Gasteiger partial charge in [0.2, 0.25) is 0 Å². The van der Waals surface area contributed by atoms with Gasteiger partial charge < -0.3 is 0 Å². The van der Waals surface area contributed by atoms with Gasteiger partial charge >= 0.3 is 181 Å². The molecule has 0 N–H and O–H groups in total. The molecule has 0 rings (SSSR count). The van der Waals surface area contributed by atoms with Crippen LogP contribution in [0, 0.1) is 0 Å². The van der Waals surface area contributed by atoms with Gasteiger partial charge in [0.1, 0.15) is 0 Å². The molecule has 0 aliphatic heterocycles. The van der Waals surface area contributed by atoms with E-state index in [-0.39, 0.29) is 12.7 Å². The molecule has 0 aromatic carbocycles. The van der Waals surface area contributed by atoms with Gasteiger partial charge in [0.05, 0.1) is 0 Å². The van der Waals surface area contributed by atoms with Crippen molar-refractivity contribution in [3.05, 3.63) is 0 Å². The van der Waals surface area contributed by atoms with Crippen LogP contribution in [0.25, 0.3) is 0 Å². The second-order valence-electron chi connectivity index (χ2n) is 12.4. The number of unbranched alkanes of at least 4 members (excludes halogenated alkanes) is 28. The van der Waals surface area contributed by atoms with Crippen LogP contribution in [0.15, 0.2) is 0 Å². The van der Waals surface area contributed by atoms with E-state index in [2.05, 4.69) is 13.8 Å². The monoisotopic (exact) mass is 678 g/mol. The van der Waals surface area contributed by atoms with Gasteiger partial charge in [0.25, 0.3) is 0 Å². The first kappa shape index (κ1) is 41.6. The van der Waals surface area contributed by atoms with Crippen LogP contribution in [0.5, 0.6) is 0 Å². The maximum absolute atomic E-state index is 12.1. The molecule has 0 saturated carbocycles. The molecule has 0 aliphatic rings. The summed E-state index contributed by atoms with van der Waals surface area (Å²) in [6.07, 6.45) is 42.0. The molecular formula is C36H70O2S2Se. The van der Waals surface area contributed by atoms with E-state index in [9.17, 15) is 9.59 Å². The van der Waals surface area contributed by atoms with E-state index >= 15 is 0 Å². The van der Waals surface area contributed by atoms with E-state index in [0.29, 0.717) is 23.1 Å². The first-order valence-electron chi connectivity index (χ1n) is 18.3. The number of carbonyl (C=O) groups excluding carboxylic acids is 2. The average Bonchev–Trinajstić information content (AvgIpc) is 2.97. The van der Waals surface area contributed by atoms with Gasteiger partial charge in [0, 0.05) is 0 Å². The third-order valence-corrected chi connectivity index (χ3v) is 14.5. The van der Waals surface area contributed by atoms with Crippen molar-refractivity contribution in [2.24, 2.45) is 0 Å². The van der Waals surface area contributed by atoms with Crippen molar-refractivity contribution >= 4 is 43.3 Å². The van der Waals surface area contributed by atoms with Crippen LogP contribution in [0.1, 0.15) is 219 Å². The van der Waals surface area contributed by atoms with E-state index < -0.39 is 0 Å². The molecule has 0 spiro atoms. The second kappa shape index (κ2) is 36.7. The van der Waals surface area contributed by atoms with Crippen LogP contribution >= 0.6 is 20.4 Å². The molecule has 0 aromatic heterocycles. The molecule has 244 valence electrons. The first-order valence-corrected chi connectivity index (χ1v) is 24.0. The zero-order valence-corrected chi connectivity index (χ0v) is 31.0. The summed E-state index contributed by atoms with van der Waals surface area (Å²) in [7, 11) is 2.84. The molecule has 0 heterocycles. The third kappa shape index (κ3) is 36.7. The van der Waals surface area contributed by atoms with Crippen LogP contribution in [0.4, 0.5) is 0 Å². The molecule has 0 amide bonds. The third-order valence-electron chi connectivity index (χ3n) is 8.22. The Kier molecular flexibility index (Phi) is 37.3. The van der Waals surface area contributed by atoms with Crippen molar-refractivity contribution < 1.29 is 9.59 Å². The van der Waals surface area contributed by atoms with Crippen LogP contribution in [-0.4, -0.2) is 22.9 Å². The average molecular weight is 678 g/mol. The minimum absolute atomic E-state index is 0.0270. The molecular weight excluding hydrogens is 607 g/mol. The van der Waals surface area contributed by atoms with E-state index in [1.807, 2.05) is 0 Å². The number of hydrogen-bond acceptors (Lipinski definition) is 4. The van der Waals surface area contributed by atoms with Crippen molar-refractivity contribution in [3.8, 4) is 0 Å². The summed E-state index contributed by atoms with van der Waals surface area (Å²) in [5.74, 6) is 0. The van der Waals surface area contributed by atoms with E-state index in [0.717, 1.165) is 12.8 Å². The molecule has 0 unspecified atom stereocenters. The minimum atomic E-state index is 0.0270. The summed E-state index contributed by atoms with van der Waals surface area (Å²) in [5.41, 5.74) is 0. The van der Waals surface area contributed by atoms with Gasteiger partial charge in [-0.05, 0) is 0 Å². The zero-order valence-electron chi connectivity index (χ0n) is 27.7. The Hall–Kier alpha value is 0.559. The van der Waals surface area contributed by atoms with Gasteiger partial charge in [0.15, 0.2) is 0 Å². The fraction of sp³-hybridized carbons (Fsp3) is 0.944. The van der Waals surface area contributed by atoms with Crippen LogP contribution < -0.4 is 0 Å². The normalized spacial score (nSPS) is 11.4. The molecule has 0 fully saturated rings. The first-order chi connectivity index (χ1) is 20.2. The maximum atomic E-state index is 12.1. The van der Waals surface area contributed by atoms with Crippen LogP contribution in [-0.2, 0) is 9.59 Å². The summed E-state index contributed by atoms with van der Waals surface area (Å²) >= 11 is 0.0270. The number of hydrogen-bond donors (Lipinski definition) is 0.